The molecule has 0 bridgehead atoms. The van der Waals surface area contributed by atoms with E-state index < -0.39 is 0 Å². The highest BCUT2D eigenvalue weighted by molar-refractivity contribution is 5.30. The maximum atomic E-state index is 13.7. The van der Waals surface area contributed by atoms with Crippen LogP contribution in [0.5, 0.6) is 5.75 Å². The largest absolute Gasteiger partial charge is 0.494 e. The molecule has 4 unspecified atom stereocenters. The van der Waals surface area contributed by atoms with E-state index in [4.69, 9.17) is 4.74 Å². The summed E-state index contributed by atoms with van der Waals surface area (Å²) < 4.78 is 18.7. The lowest BCUT2D eigenvalue weighted by Crippen LogP contribution is -2.37. The average Bonchev–Trinajstić information content (AvgIpc) is 2.42. The van der Waals surface area contributed by atoms with Crippen LogP contribution in [-0.2, 0) is 0 Å². The predicted octanol–water partition coefficient (Wildman–Crippen LogP) is 4.31. The highest BCUT2D eigenvalue weighted by Crippen LogP contribution is 2.31. The van der Waals surface area contributed by atoms with Gasteiger partial charge in [0.1, 0.15) is 0 Å². The number of hydrogen-bond acceptors (Lipinski definition) is 2. The molecule has 1 N–H and O–H groups in total. The molecule has 112 valence electrons. The van der Waals surface area contributed by atoms with Crippen LogP contribution in [0.15, 0.2) is 18.2 Å². The minimum Gasteiger partial charge on any atom is -0.494 e. The van der Waals surface area contributed by atoms with Crippen LogP contribution in [0.1, 0.15) is 51.6 Å². The zero-order valence-electron chi connectivity index (χ0n) is 12.9. The van der Waals surface area contributed by atoms with Crippen molar-refractivity contribution in [3.63, 3.8) is 0 Å². The van der Waals surface area contributed by atoms with Crippen molar-refractivity contribution in [2.24, 2.45) is 11.8 Å². The van der Waals surface area contributed by atoms with E-state index >= 15 is 0 Å². The average molecular weight is 279 g/mol. The van der Waals surface area contributed by atoms with Crippen LogP contribution in [0.4, 0.5) is 4.39 Å². The molecule has 0 amide bonds. The first kappa shape index (κ1) is 15.3. The fraction of sp³-hybridized carbons (Fsp3) is 0.647. The molecule has 1 aromatic carbocycles. The van der Waals surface area contributed by atoms with Crippen molar-refractivity contribution in [3.8, 4) is 5.75 Å². The maximum absolute atomic E-state index is 13.7. The lowest BCUT2D eigenvalue weighted by molar-refractivity contribution is 0.217. The van der Waals surface area contributed by atoms with Gasteiger partial charge in [0.15, 0.2) is 11.6 Å². The van der Waals surface area contributed by atoms with Gasteiger partial charge in [-0.2, -0.15) is 0 Å². The quantitative estimate of drug-likeness (QED) is 0.886. The number of nitrogens with one attached hydrogen (secondary N) is 1. The SMILES string of the molecule is COc1ccc(C(C)NC2CCC(C)C(C)C2)cc1F. The maximum Gasteiger partial charge on any atom is 0.165 e. The second kappa shape index (κ2) is 6.57. The summed E-state index contributed by atoms with van der Waals surface area (Å²) >= 11 is 0. The number of rotatable bonds is 4. The van der Waals surface area contributed by atoms with Crippen LogP contribution in [0.3, 0.4) is 0 Å². The molecule has 2 nitrogen and oxygen atoms in total. The van der Waals surface area contributed by atoms with E-state index in [-0.39, 0.29) is 11.9 Å². The van der Waals surface area contributed by atoms with E-state index in [9.17, 15) is 4.39 Å². The van der Waals surface area contributed by atoms with Gasteiger partial charge in [-0.1, -0.05) is 19.9 Å². The van der Waals surface area contributed by atoms with Crippen molar-refractivity contribution in [2.45, 2.75) is 52.1 Å². The highest BCUT2D eigenvalue weighted by atomic mass is 19.1. The van der Waals surface area contributed by atoms with Crippen molar-refractivity contribution in [3.05, 3.63) is 29.6 Å². The third kappa shape index (κ3) is 3.51. The molecule has 1 aliphatic carbocycles. The Hall–Kier alpha value is -1.09. The second-order valence-electron chi connectivity index (χ2n) is 6.25. The van der Waals surface area contributed by atoms with Crippen molar-refractivity contribution in [2.75, 3.05) is 7.11 Å². The van der Waals surface area contributed by atoms with Gasteiger partial charge in [0, 0.05) is 12.1 Å². The van der Waals surface area contributed by atoms with Crippen molar-refractivity contribution < 1.29 is 9.13 Å². The van der Waals surface area contributed by atoms with Crippen LogP contribution >= 0.6 is 0 Å². The molecule has 4 atom stereocenters. The number of hydrogen-bond donors (Lipinski definition) is 1. The van der Waals surface area contributed by atoms with Gasteiger partial charge in [0.2, 0.25) is 0 Å². The van der Waals surface area contributed by atoms with E-state index in [1.165, 1.54) is 26.4 Å². The number of methoxy groups -OCH3 is 1. The molecule has 20 heavy (non-hydrogen) atoms. The molecule has 0 aliphatic heterocycles. The summed E-state index contributed by atoms with van der Waals surface area (Å²) in [5.41, 5.74) is 0.981. The molecule has 1 aliphatic rings. The molecule has 1 aromatic rings. The van der Waals surface area contributed by atoms with E-state index in [1.807, 2.05) is 6.07 Å². The Bertz CT molecular complexity index is 449. The molecular formula is C17H26FNO. The number of ether oxygens (including phenoxy) is 1. The van der Waals surface area contributed by atoms with Crippen LogP contribution < -0.4 is 10.1 Å². The third-order valence-corrected chi connectivity index (χ3v) is 4.76. The fourth-order valence-electron chi connectivity index (χ4n) is 3.10. The van der Waals surface area contributed by atoms with Gasteiger partial charge in [0.25, 0.3) is 0 Å². The van der Waals surface area contributed by atoms with Crippen LogP contribution in [0, 0.1) is 17.7 Å². The van der Waals surface area contributed by atoms with E-state index in [1.54, 1.807) is 12.1 Å². The Kier molecular flexibility index (Phi) is 5.03. The van der Waals surface area contributed by atoms with E-state index in [0.717, 1.165) is 17.4 Å². The Labute approximate surface area is 121 Å². The Balaban J connectivity index is 1.98. The molecule has 3 heteroatoms. The van der Waals surface area contributed by atoms with Crippen molar-refractivity contribution in [1.82, 2.24) is 5.32 Å². The molecule has 0 spiro atoms. The van der Waals surface area contributed by atoms with E-state index in [0.29, 0.717) is 11.8 Å². The van der Waals surface area contributed by atoms with Gasteiger partial charge in [0.05, 0.1) is 7.11 Å². The first-order valence-corrected chi connectivity index (χ1v) is 7.60. The topological polar surface area (TPSA) is 21.3 Å². The summed E-state index contributed by atoms with van der Waals surface area (Å²) in [6.45, 7) is 6.77. The van der Waals surface area contributed by atoms with Crippen LogP contribution in [0.25, 0.3) is 0 Å². The molecule has 0 aromatic heterocycles. The van der Waals surface area contributed by atoms with Crippen molar-refractivity contribution in [1.29, 1.82) is 0 Å². The molecule has 0 heterocycles. The monoisotopic (exact) mass is 279 g/mol. The minimum absolute atomic E-state index is 0.168. The first-order valence-electron chi connectivity index (χ1n) is 7.60. The summed E-state index contributed by atoms with van der Waals surface area (Å²) in [4.78, 5) is 0. The van der Waals surface area contributed by atoms with Gasteiger partial charge in [-0.3, -0.25) is 0 Å². The highest BCUT2D eigenvalue weighted by Gasteiger charge is 2.25. The minimum atomic E-state index is -0.288. The zero-order chi connectivity index (χ0) is 14.7. The zero-order valence-corrected chi connectivity index (χ0v) is 12.9. The lowest BCUT2D eigenvalue weighted by atomic mass is 9.79. The number of halogens is 1. The van der Waals surface area contributed by atoms with Gasteiger partial charge in [-0.25, -0.2) is 4.39 Å². The van der Waals surface area contributed by atoms with Crippen molar-refractivity contribution >= 4 is 0 Å². The summed E-state index contributed by atoms with van der Waals surface area (Å²) in [7, 11) is 1.49. The Morgan fingerprint density at radius 1 is 1.25 bits per heavy atom. The summed E-state index contributed by atoms with van der Waals surface area (Å²) in [6.07, 6.45) is 3.71. The number of benzene rings is 1. The van der Waals surface area contributed by atoms with Crippen LogP contribution in [-0.4, -0.2) is 13.2 Å². The molecule has 1 fully saturated rings. The third-order valence-electron chi connectivity index (χ3n) is 4.76. The normalized spacial score (nSPS) is 28.1. The summed E-state index contributed by atoms with van der Waals surface area (Å²) in [6, 6.07) is 5.93. The molecule has 2 rings (SSSR count). The summed E-state index contributed by atoms with van der Waals surface area (Å²) in [5, 5.41) is 3.64. The van der Waals surface area contributed by atoms with Crippen LogP contribution in [0.2, 0.25) is 0 Å². The smallest absolute Gasteiger partial charge is 0.165 e. The predicted molar refractivity (Wildman–Crippen MR) is 80.5 cm³/mol. The standard InChI is InChI=1S/C17H26FNO/c1-11-5-7-15(9-12(11)2)19-13(3)14-6-8-17(20-4)16(18)10-14/h6,8,10-13,15,19H,5,7,9H2,1-4H3. The first-order chi connectivity index (χ1) is 9.51. The lowest BCUT2D eigenvalue weighted by Gasteiger charge is -2.34. The fourth-order valence-corrected chi connectivity index (χ4v) is 3.10. The Morgan fingerprint density at radius 2 is 2.00 bits per heavy atom. The molecule has 0 saturated heterocycles. The van der Waals surface area contributed by atoms with Gasteiger partial charge < -0.3 is 10.1 Å². The Morgan fingerprint density at radius 3 is 2.60 bits per heavy atom. The van der Waals surface area contributed by atoms with Gasteiger partial charge in [-0.05, 0) is 55.7 Å². The molecule has 1 saturated carbocycles. The summed E-state index contributed by atoms with van der Waals surface area (Å²) in [5.74, 6) is 1.60. The van der Waals surface area contributed by atoms with Gasteiger partial charge in [-0.15, -0.1) is 0 Å². The van der Waals surface area contributed by atoms with Gasteiger partial charge >= 0.3 is 0 Å². The second-order valence-corrected chi connectivity index (χ2v) is 6.25. The van der Waals surface area contributed by atoms with E-state index in [2.05, 4.69) is 26.1 Å². The molecule has 0 radical (unpaired) electrons. The molecular weight excluding hydrogens is 253 g/mol.